The Hall–Kier alpha value is -0.0800. The van der Waals surface area contributed by atoms with E-state index in [0.717, 1.165) is 0 Å². The van der Waals surface area contributed by atoms with Gasteiger partial charge in [0, 0.05) is 11.1 Å². The fourth-order valence-corrected chi connectivity index (χ4v) is 2.04. The molecular formula is C7H12BrNO2S. The van der Waals surface area contributed by atoms with Crippen LogP contribution < -0.4 is 0 Å². The first kappa shape index (κ1) is 11.9. The second-order valence-electron chi connectivity index (χ2n) is 2.51. The quantitative estimate of drug-likeness (QED) is 0.696. The number of nitrogens with zero attached hydrogens (tertiary/aromatic N) is 1. The third-order valence-corrected chi connectivity index (χ3v) is 4.10. The molecule has 0 N–H and O–H groups in total. The molecule has 0 aromatic heterocycles. The fourth-order valence-electron chi connectivity index (χ4n) is 0.642. The topological polar surface area (TPSA) is 57.9 Å². The van der Waals surface area contributed by atoms with Crippen LogP contribution in [0.15, 0.2) is 0 Å². The standard InChI is InChI=1S/C7H12BrNO2S/c1-2-12(10,11)4-3-7(5-8)6-9/h7H,2-5H2,1H3. The van der Waals surface area contributed by atoms with Gasteiger partial charge in [-0.2, -0.15) is 5.26 Å². The van der Waals surface area contributed by atoms with Gasteiger partial charge in [0.2, 0.25) is 0 Å². The van der Waals surface area contributed by atoms with Crippen LogP contribution in [-0.2, 0) is 9.84 Å². The van der Waals surface area contributed by atoms with Crippen LogP contribution in [0, 0.1) is 17.2 Å². The molecule has 0 aliphatic rings. The Kier molecular flexibility index (Phi) is 5.51. The van der Waals surface area contributed by atoms with Gasteiger partial charge in [0.1, 0.15) is 9.84 Å². The summed E-state index contributed by atoms with van der Waals surface area (Å²) < 4.78 is 22.0. The van der Waals surface area contributed by atoms with Gasteiger partial charge >= 0.3 is 0 Å². The number of sulfone groups is 1. The average Bonchev–Trinajstić information content (AvgIpc) is 2.06. The Balaban J connectivity index is 3.92. The van der Waals surface area contributed by atoms with E-state index in [1.54, 1.807) is 6.92 Å². The van der Waals surface area contributed by atoms with Crippen LogP contribution in [-0.4, -0.2) is 25.3 Å². The monoisotopic (exact) mass is 253 g/mol. The van der Waals surface area contributed by atoms with Gasteiger partial charge in [-0.3, -0.25) is 0 Å². The van der Waals surface area contributed by atoms with Crippen molar-refractivity contribution in [3.63, 3.8) is 0 Å². The molecule has 1 atom stereocenters. The predicted octanol–water partition coefficient (Wildman–Crippen LogP) is 1.35. The molecule has 70 valence electrons. The second kappa shape index (κ2) is 5.55. The molecule has 0 spiro atoms. The molecule has 0 aliphatic heterocycles. The zero-order valence-corrected chi connectivity index (χ0v) is 9.36. The zero-order chi connectivity index (χ0) is 9.61. The van der Waals surface area contributed by atoms with E-state index >= 15 is 0 Å². The van der Waals surface area contributed by atoms with Gasteiger partial charge < -0.3 is 0 Å². The van der Waals surface area contributed by atoms with Gasteiger partial charge in [-0.05, 0) is 6.42 Å². The number of hydrogen-bond acceptors (Lipinski definition) is 3. The molecule has 0 amide bonds. The molecule has 0 aromatic carbocycles. The third kappa shape index (κ3) is 4.73. The summed E-state index contributed by atoms with van der Waals surface area (Å²) in [5, 5.41) is 9.07. The summed E-state index contributed by atoms with van der Waals surface area (Å²) in [6, 6.07) is 2.04. The number of hydrogen-bond donors (Lipinski definition) is 0. The summed E-state index contributed by atoms with van der Waals surface area (Å²) in [4.78, 5) is 0. The molecule has 0 radical (unpaired) electrons. The van der Waals surface area contributed by atoms with Gasteiger partial charge in [-0.15, -0.1) is 0 Å². The summed E-state index contributed by atoms with van der Waals surface area (Å²) in [5.41, 5.74) is 0. The molecule has 0 saturated heterocycles. The van der Waals surface area contributed by atoms with E-state index in [1.807, 2.05) is 6.07 Å². The van der Waals surface area contributed by atoms with Crippen molar-refractivity contribution in [2.75, 3.05) is 16.8 Å². The van der Waals surface area contributed by atoms with Gasteiger partial charge in [-0.1, -0.05) is 22.9 Å². The normalized spacial score (nSPS) is 13.8. The molecule has 12 heavy (non-hydrogen) atoms. The molecular weight excluding hydrogens is 242 g/mol. The highest BCUT2D eigenvalue weighted by Crippen LogP contribution is 2.07. The van der Waals surface area contributed by atoms with Crippen molar-refractivity contribution in [2.45, 2.75) is 13.3 Å². The Labute approximate surface area is 81.8 Å². The minimum Gasteiger partial charge on any atom is -0.229 e. The highest BCUT2D eigenvalue weighted by Gasteiger charge is 2.12. The maximum Gasteiger partial charge on any atom is 0.150 e. The van der Waals surface area contributed by atoms with E-state index in [-0.39, 0.29) is 17.4 Å². The Morgan fingerprint density at radius 1 is 1.58 bits per heavy atom. The van der Waals surface area contributed by atoms with E-state index in [4.69, 9.17) is 5.26 Å². The van der Waals surface area contributed by atoms with Crippen molar-refractivity contribution < 1.29 is 8.42 Å². The van der Waals surface area contributed by atoms with Crippen LogP contribution in [0.5, 0.6) is 0 Å². The van der Waals surface area contributed by atoms with E-state index in [1.165, 1.54) is 0 Å². The van der Waals surface area contributed by atoms with Crippen LogP contribution in [0.3, 0.4) is 0 Å². The molecule has 0 saturated carbocycles. The van der Waals surface area contributed by atoms with Crippen LogP contribution in [0.1, 0.15) is 13.3 Å². The predicted molar refractivity (Wildman–Crippen MR) is 51.8 cm³/mol. The summed E-state index contributed by atoms with van der Waals surface area (Å²) in [6.07, 6.45) is 0.428. The summed E-state index contributed by atoms with van der Waals surface area (Å²) in [6.45, 7) is 1.62. The van der Waals surface area contributed by atoms with E-state index < -0.39 is 9.84 Å². The van der Waals surface area contributed by atoms with E-state index in [0.29, 0.717) is 11.8 Å². The lowest BCUT2D eigenvalue weighted by molar-refractivity contribution is 0.589. The fraction of sp³-hybridized carbons (Fsp3) is 0.857. The Morgan fingerprint density at radius 2 is 2.17 bits per heavy atom. The molecule has 0 fully saturated rings. The molecule has 0 aromatic rings. The highest BCUT2D eigenvalue weighted by molar-refractivity contribution is 9.09. The number of rotatable bonds is 5. The molecule has 1 unspecified atom stereocenters. The number of alkyl halides is 1. The largest absolute Gasteiger partial charge is 0.229 e. The number of halogens is 1. The minimum absolute atomic E-state index is 0.118. The Morgan fingerprint density at radius 3 is 2.50 bits per heavy atom. The maximum absolute atomic E-state index is 11.0. The lowest BCUT2D eigenvalue weighted by Gasteiger charge is -2.03. The van der Waals surface area contributed by atoms with Crippen molar-refractivity contribution in [3.05, 3.63) is 0 Å². The minimum atomic E-state index is -2.91. The van der Waals surface area contributed by atoms with E-state index in [9.17, 15) is 8.42 Å². The summed E-state index contributed by atoms with van der Waals surface area (Å²) in [7, 11) is -2.91. The second-order valence-corrected chi connectivity index (χ2v) is 5.63. The molecule has 0 bridgehead atoms. The first-order valence-corrected chi connectivity index (χ1v) is 6.66. The smallest absolute Gasteiger partial charge is 0.150 e. The zero-order valence-electron chi connectivity index (χ0n) is 6.96. The first-order chi connectivity index (χ1) is 5.55. The van der Waals surface area contributed by atoms with Gasteiger partial charge in [0.05, 0.1) is 17.7 Å². The molecule has 0 heterocycles. The van der Waals surface area contributed by atoms with Crippen molar-refractivity contribution in [3.8, 4) is 6.07 Å². The van der Waals surface area contributed by atoms with Crippen molar-refractivity contribution in [2.24, 2.45) is 5.92 Å². The van der Waals surface area contributed by atoms with Crippen LogP contribution in [0.4, 0.5) is 0 Å². The van der Waals surface area contributed by atoms with Crippen molar-refractivity contribution in [1.29, 1.82) is 5.26 Å². The van der Waals surface area contributed by atoms with Crippen molar-refractivity contribution in [1.82, 2.24) is 0 Å². The van der Waals surface area contributed by atoms with Gasteiger partial charge in [0.15, 0.2) is 0 Å². The van der Waals surface area contributed by atoms with Crippen LogP contribution in [0.2, 0.25) is 0 Å². The maximum atomic E-state index is 11.0. The van der Waals surface area contributed by atoms with Crippen LogP contribution in [0.25, 0.3) is 0 Å². The first-order valence-electron chi connectivity index (χ1n) is 3.71. The average molecular weight is 254 g/mol. The third-order valence-electron chi connectivity index (χ3n) is 1.59. The van der Waals surface area contributed by atoms with Crippen molar-refractivity contribution >= 4 is 25.8 Å². The molecule has 3 nitrogen and oxygen atoms in total. The Bertz CT molecular complexity index is 255. The summed E-state index contributed by atoms with van der Waals surface area (Å²) in [5.74, 6) is 0.0899. The molecule has 0 aliphatic carbocycles. The van der Waals surface area contributed by atoms with E-state index in [2.05, 4.69) is 15.9 Å². The molecule has 0 rings (SSSR count). The van der Waals surface area contributed by atoms with Gasteiger partial charge in [-0.25, -0.2) is 8.42 Å². The molecule has 5 heteroatoms. The highest BCUT2D eigenvalue weighted by atomic mass is 79.9. The summed E-state index contributed by atoms with van der Waals surface area (Å²) >= 11 is 3.15. The lowest BCUT2D eigenvalue weighted by Crippen LogP contribution is -2.12. The lowest BCUT2D eigenvalue weighted by atomic mass is 10.1. The number of nitriles is 1. The van der Waals surface area contributed by atoms with Gasteiger partial charge in [0.25, 0.3) is 0 Å². The SMILES string of the molecule is CCS(=O)(=O)CCC(C#N)CBr. The van der Waals surface area contributed by atoms with Crippen LogP contribution >= 0.6 is 15.9 Å².